The molecule has 0 bridgehead atoms. The van der Waals surface area contributed by atoms with Crippen molar-refractivity contribution in [1.82, 2.24) is 0 Å². The van der Waals surface area contributed by atoms with Gasteiger partial charge >= 0.3 is 0 Å². The molecule has 0 aromatic heterocycles. The van der Waals surface area contributed by atoms with E-state index in [0.29, 0.717) is 11.4 Å². The van der Waals surface area contributed by atoms with Gasteiger partial charge in [0.1, 0.15) is 5.75 Å². The van der Waals surface area contributed by atoms with Crippen LogP contribution >= 0.6 is 12.2 Å². The Hall–Kier alpha value is -1.82. The number of ether oxygens (including phenoxy) is 1. The van der Waals surface area contributed by atoms with Crippen LogP contribution in [0.1, 0.15) is 6.92 Å². The third-order valence-electron chi connectivity index (χ3n) is 2.57. The van der Waals surface area contributed by atoms with Crippen LogP contribution in [0.2, 0.25) is 0 Å². The standard InChI is InChI=1S/C11H13N3O2S/c1-6-10(15)14(2)8-5-7(13-11(12)17)3-4-9(8)16-6/h3-6H,1-2H3,(H3,12,13,17). The number of hydrogen-bond acceptors (Lipinski definition) is 3. The summed E-state index contributed by atoms with van der Waals surface area (Å²) in [5, 5.41) is 3.00. The van der Waals surface area contributed by atoms with Gasteiger partial charge in [0, 0.05) is 12.7 Å². The van der Waals surface area contributed by atoms with E-state index >= 15 is 0 Å². The second kappa shape index (κ2) is 4.21. The average molecular weight is 251 g/mol. The Morgan fingerprint density at radius 3 is 2.94 bits per heavy atom. The number of likely N-dealkylation sites (N-methyl/N-ethyl adjacent to an activating group) is 1. The monoisotopic (exact) mass is 251 g/mol. The minimum atomic E-state index is -0.457. The van der Waals surface area contributed by atoms with Crippen LogP contribution in [0.15, 0.2) is 18.2 Å². The van der Waals surface area contributed by atoms with Gasteiger partial charge in [0.15, 0.2) is 11.2 Å². The number of fused-ring (bicyclic) bond motifs is 1. The molecule has 5 nitrogen and oxygen atoms in total. The van der Waals surface area contributed by atoms with Gasteiger partial charge in [0.05, 0.1) is 5.69 Å². The van der Waals surface area contributed by atoms with E-state index in [1.165, 1.54) is 0 Å². The van der Waals surface area contributed by atoms with Crippen LogP contribution in [0.3, 0.4) is 0 Å². The smallest absolute Gasteiger partial charge is 0.267 e. The number of anilines is 2. The SMILES string of the molecule is CC1Oc2ccc(NC(N)=S)cc2N(C)C1=O. The molecule has 6 heteroatoms. The second-order valence-electron chi connectivity index (χ2n) is 3.83. The summed E-state index contributed by atoms with van der Waals surface area (Å²) in [5.74, 6) is 0.595. The lowest BCUT2D eigenvalue weighted by Crippen LogP contribution is -2.42. The number of thiocarbonyl (C=S) groups is 1. The van der Waals surface area contributed by atoms with Crippen LogP contribution in [-0.2, 0) is 4.79 Å². The fourth-order valence-electron chi connectivity index (χ4n) is 1.73. The van der Waals surface area contributed by atoms with Crippen LogP contribution in [0.4, 0.5) is 11.4 Å². The predicted molar refractivity (Wildman–Crippen MR) is 70.4 cm³/mol. The van der Waals surface area contributed by atoms with Gasteiger partial charge in [-0.05, 0) is 37.3 Å². The molecule has 1 heterocycles. The maximum absolute atomic E-state index is 11.8. The molecule has 0 spiro atoms. The van der Waals surface area contributed by atoms with Crippen LogP contribution < -0.4 is 20.7 Å². The minimum Gasteiger partial charge on any atom is -0.479 e. The Morgan fingerprint density at radius 1 is 1.59 bits per heavy atom. The fourth-order valence-corrected chi connectivity index (χ4v) is 1.85. The van der Waals surface area contributed by atoms with Crippen molar-refractivity contribution in [1.29, 1.82) is 0 Å². The second-order valence-corrected chi connectivity index (χ2v) is 4.27. The minimum absolute atomic E-state index is 0.0787. The number of nitrogens with two attached hydrogens (primary N) is 1. The summed E-state index contributed by atoms with van der Waals surface area (Å²) in [6.07, 6.45) is -0.457. The van der Waals surface area contributed by atoms with Crippen molar-refractivity contribution in [2.45, 2.75) is 13.0 Å². The number of amides is 1. The lowest BCUT2D eigenvalue weighted by atomic mass is 10.2. The zero-order valence-electron chi connectivity index (χ0n) is 9.56. The van der Waals surface area contributed by atoms with Crippen LogP contribution in [0, 0.1) is 0 Å². The normalized spacial score (nSPS) is 18.4. The molecule has 0 fully saturated rings. The maximum atomic E-state index is 11.8. The Balaban J connectivity index is 2.38. The molecular weight excluding hydrogens is 238 g/mol. The highest BCUT2D eigenvalue weighted by atomic mass is 32.1. The Morgan fingerprint density at radius 2 is 2.29 bits per heavy atom. The molecule has 1 aromatic carbocycles. The number of benzene rings is 1. The molecule has 1 aliphatic heterocycles. The molecule has 1 atom stereocenters. The van der Waals surface area contributed by atoms with Crippen molar-refractivity contribution in [3.63, 3.8) is 0 Å². The van der Waals surface area contributed by atoms with Gasteiger partial charge in [-0.1, -0.05) is 0 Å². The van der Waals surface area contributed by atoms with Crippen molar-refractivity contribution < 1.29 is 9.53 Å². The predicted octanol–water partition coefficient (Wildman–Crippen LogP) is 1.09. The summed E-state index contributed by atoms with van der Waals surface area (Å²) >= 11 is 4.76. The van der Waals surface area contributed by atoms with Gasteiger partial charge < -0.3 is 20.7 Å². The van der Waals surface area contributed by atoms with Crippen LogP contribution in [-0.4, -0.2) is 24.2 Å². The number of hydrogen-bond donors (Lipinski definition) is 2. The highest BCUT2D eigenvalue weighted by Crippen LogP contribution is 2.35. The summed E-state index contributed by atoms with van der Waals surface area (Å²) in [6, 6.07) is 5.36. The van der Waals surface area contributed by atoms with E-state index in [1.807, 2.05) is 0 Å². The van der Waals surface area contributed by atoms with Gasteiger partial charge in [0.25, 0.3) is 5.91 Å². The molecule has 17 heavy (non-hydrogen) atoms. The first-order valence-corrected chi connectivity index (χ1v) is 5.54. The van der Waals surface area contributed by atoms with E-state index in [4.69, 9.17) is 22.7 Å². The first-order chi connectivity index (χ1) is 7.99. The van der Waals surface area contributed by atoms with Crippen molar-refractivity contribution in [3.05, 3.63) is 18.2 Å². The molecule has 1 aromatic rings. The number of nitrogens with zero attached hydrogens (tertiary/aromatic N) is 1. The average Bonchev–Trinajstić information content (AvgIpc) is 2.26. The quantitative estimate of drug-likeness (QED) is 0.731. The van der Waals surface area contributed by atoms with Crippen molar-refractivity contribution in [2.75, 3.05) is 17.3 Å². The molecule has 0 saturated carbocycles. The van der Waals surface area contributed by atoms with E-state index in [1.54, 1.807) is 37.1 Å². The zero-order chi connectivity index (χ0) is 12.6. The van der Waals surface area contributed by atoms with Gasteiger partial charge in [-0.15, -0.1) is 0 Å². The molecule has 0 aliphatic carbocycles. The van der Waals surface area contributed by atoms with E-state index in [-0.39, 0.29) is 11.0 Å². The summed E-state index contributed by atoms with van der Waals surface area (Å²) in [6.45, 7) is 1.73. The molecule has 0 radical (unpaired) electrons. The number of nitrogens with one attached hydrogen (secondary N) is 1. The van der Waals surface area contributed by atoms with E-state index < -0.39 is 6.10 Å². The van der Waals surface area contributed by atoms with Gasteiger partial charge in [0.2, 0.25) is 0 Å². The fraction of sp³-hybridized carbons (Fsp3) is 0.273. The molecule has 1 amide bonds. The van der Waals surface area contributed by atoms with Crippen molar-refractivity contribution >= 4 is 34.6 Å². The third-order valence-corrected chi connectivity index (χ3v) is 2.67. The third kappa shape index (κ3) is 2.16. The van der Waals surface area contributed by atoms with Crippen LogP contribution in [0.5, 0.6) is 5.75 Å². The van der Waals surface area contributed by atoms with Gasteiger partial charge in [-0.2, -0.15) is 0 Å². The topological polar surface area (TPSA) is 67.6 Å². The summed E-state index contributed by atoms with van der Waals surface area (Å²) in [4.78, 5) is 13.3. The lowest BCUT2D eigenvalue weighted by Gasteiger charge is -2.30. The molecule has 2 rings (SSSR count). The molecular formula is C11H13N3O2S. The van der Waals surface area contributed by atoms with Crippen molar-refractivity contribution in [2.24, 2.45) is 5.73 Å². The molecule has 1 aliphatic rings. The number of carbonyl (C=O) groups is 1. The largest absolute Gasteiger partial charge is 0.479 e. The van der Waals surface area contributed by atoms with E-state index in [2.05, 4.69) is 5.32 Å². The molecule has 90 valence electrons. The van der Waals surface area contributed by atoms with Crippen LogP contribution in [0.25, 0.3) is 0 Å². The summed E-state index contributed by atoms with van der Waals surface area (Å²) < 4.78 is 5.49. The lowest BCUT2D eigenvalue weighted by molar-refractivity contribution is -0.125. The Bertz CT molecular complexity index is 490. The number of carbonyl (C=O) groups excluding carboxylic acids is 1. The first-order valence-electron chi connectivity index (χ1n) is 5.14. The highest BCUT2D eigenvalue weighted by molar-refractivity contribution is 7.80. The summed E-state index contributed by atoms with van der Waals surface area (Å²) in [5.41, 5.74) is 6.83. The molecule has 0 saturated heterocycles. The molecule has 3 N–H and O–H groups in total. The maximum Gasteiger partial charge on any atom is 0.267 e. The Labute approximate surface area is 105 Å². The molecule has 1 unspecified atom stereocenters. The van der Waals surface area contributed by atoms with Gasteiger partial charge in [-0.3, -0.25) is 4.79 Å². The van der Waals surface area contributed by atoms with Gasteiger partial charge in [-0.25, -0.2) is 0 Å². The van der Waals surface area contributed by atoms with Crippen molar-refractivity contribution in [3.8, 4) is 5.75 Å². The van der Waals surface area contributed by atoms with E-state index in [9.17, 15) is 4.79 Å². The summed E-state index contributed by atoms with van der Waals surface area (Å²) in [7, 11) is 1.71. The first kappa shape index (κ1) is 11.7. The highest BCUT2D eigenvalue weighted by Gasteiger charge is 2.28. The van der Waals surface area contributed by atoms with E-state index in [0.717, 1.165) is 5.69 Å². The Kier molecular flexibility index (Phi) is 2.89. The zero-order valence-corrected chi connectivity index (χ0v) is 10.4. The number of rotatable bonds is 1.